The number of aryl methyl sites for hydroxylation is 2. The van der Waals surface area contributed by atoms with Crippen LogP contribution < -0.4 is 15.4 Å². The molecule has 0 bridgehead atoms. The van der Waals surface area contributed by atoms with Gasteiger partial charge in [0.2, 0.25) is 0 Å². The molecule has 2 aliphatic carbocycles. The van der Waals surface area contributed by atoms with E-state index in [0.717, 1.165) is 75.4 Å². The first-order chi connectivity index (χ1) is 16.4. The summed E-state index contributed by atoms with van der Waals surface area (Å²) in [6.45, 7) is 2.92. The predicted octanol–water partition coefficient (Wildman–Crippen LogP) is 3.79. The summed E-state index contributed by atoms with van der Waals surface area (Å²) < 4.78 is 58.8. The maximum atomic E-state index is 12.5. The first kappa shape index (κ1) is 27.0. The highest BCUT2D eigenvalue weighted by atomic mass is 32.2. The Kier molecular flexibility index (Phi) is 8.15. The molecule has 0 aromatic heterocycles. The molecule has 8 nitrogen and oxygen atoms in total. The van der Waals surface area contributed by atoms with Gasteiger partial charge in [-0.1, -0.05) is 19.1 Å². The van der Waals surface area contributed by atoms with Gasteiger partial charge in [0.25, 0.3) is 10.0 Å². The van der Waals surface area contributed by atoms with Crippen molar-refractivity contribution < 1.29 is 36.3 Å². The summed E-state index contributed by atoms with van der Waals surface area (Å²) in [5.74, 6) is -2.76. The van der Waals surface area contributed by atoms with Crippen LogP contribution in [0.1, 0.15) is 61.3 Å². The molecule has 2 amide bonds. The summed E-state index contributed by atoms with van der Waals surface area (Å²) in [5.41, 5.74) is 5.54. The second-order valence-corrected chi connectivity index (χ2v) is 10.5. The molecule has 1 aromatic rings. The number of hydrogen-bond acceptors (Lipinski definition) is 5. The van der Waals surface area contributed by atoms with E-state index in [-0.39, 0.29) is 5.54 Å². The third-order valence-corrected chi connectivity index (χ3v) is 7.63. The van der Waals surface area contributed by atoms with Crippen molar-refractivity contribution in [3.8, 4) is 0 Å². The summed E-state index contributed by atoms with van der Waals surface area (Å²) in [6.07, 6.45) is 5.47. The van der Waals surface area contributed by atoms with Gasteiger partial charge in [-0.3, -0.25) is 0 Å². The lowest BCUT2D eigenvalue weighted by atomic mass is 9.95. The number of halogens is 3. The van der Waals surface area contributed by atoms with Crippen molar-refractivity contribution in [3.05, 3.63) is 39.8 Å². The number of amides is 2. The first-order valence-corrected chi connectivity index (χ1v) is 13.1. The zero-order valence-electron chi connectivity index (χ0n) is 19.4. The fourth-order valence-electron chi connectivity index (χ4n) is 4.88. The number of carbonyl (C=O) groups is 2. The quantitative estimate of drug-likeness (QED) is 0.471. The minimum Gasteiger partial charge on any atom is -0.475 e. The number of aliphatic carboxylic acids is 1. The number of urea groups is 1. The number of alkyl halides is 3. The lowest BCUT2D eigenvalue weighted by molar-refractivity contribution is -0.192. The van der Waals surface area contributed by atoms with E-state index in [9.17, 15) is 26.4 Å². The Morgan fingerprint density at radius 1 is 1.11 bits per heavy atom. The molecule has 4 N–H and O–H groups in total. The van der Waals surface area contributed by atoms with Crippen molar-refractivity contribution in [2.75, 3.05) is 11.9 Å². The van der Waals surface area contributed by atoms with Gasteiger partial charge in [0.15, 0.2) is 0 Å². The minimum absolute atomic E-state index is 0.285. The van der Waals surface area contributed by atoms with E-state index in [2.05, 4.69) is 21.4 Å². The van der Waals surface area contributed by atoms with Crippen LogP contribution in [0.4, 0.5) is 23.7 Å². The van der Waals surface area contributed by atoms with Crippen molar-refractivity contribution in [1.82, 2.24) is 10.0 Å². The molecule has 0 unspecified atom stereocenters. The van der Waals surface area contributed by atoms with Gasteiger partial charge >= 0.3 is 18.2 Å². The second kappa shape index (κ2) is 10.6. The largest absolute Gasteiger partial charge is 0.490 e. The van der Waals surface area contributed by atoms with Crippen molar-refractivity contribution in [2.45, 2.75) is 76.4 Å². The number of fused-ring (bicyclic) bond motifs is 2. The Hall–Kier alpha value is -2.60. The minimum atomic E-state index is -5.08. The van der Waals surface area contributed by atoms with E-state index in [0.29, 0.717) is 0 Å². The molecule has 0 spiro atoms. The molecular weight excluding hydrogens is 487 g/mol. The third kappa shape index (κ3) is 6.75. The summed E-state index contributed by atoms with van der Waals surface area (Å²) in [7, 11) is -3.85. The molecule has 1 aromatic carbocycles. The molecule has 1 fully saturated rings. The Morgan fingerprint density at radius 2 is 1.69 bits per heavy atom. The zero-order valence-corrected chi connectivity index (χ0v) is 20.2. The smallest absolute Gasteiger partial charge is 0.475 e. The molecule has 194 valence electrons. The van der Waals surface area contributed by atoms with Crippen molar-refractivity contribution in [2.24, 2.45) is 0 Å². The lowest BCUT2D eigenvalue weighted by Gasteiger charge is -2.23. The van der Waals surface area contributed by atoms with E-state index in [4.69, 9.17) is 9.90 Å². The van der Waals surface area contributed by atoms with Gasteiger partial charge < -0.3 is 15.7 Å². The van der Waals surface area contributed by atoms with Gasteiger partial charge in [0, 0.05) is 16.6 Å². The highest BCUT2D eigenvalue weighted by Crippen LogP contribution is 2.38. The number of benzene rings is 1. The van der Waals surface area contributed by atoms with E-state index >= 15 is 0 Å². The number of carbonyl (C=O) groups excluding carboxylic acids is 1. The Labute approximate surface area is 202 Å². The normalized spacial score (nSPS) is 21.3. The van der Waals surface area contributed by atoms with Gasteiger partial charge in [-0.15, -0.1) is 0 Å². The molecule has 1 aliphatic heterocycles. The summed E-state index contributed by atoms with van der Waals surface area (Å²) in [4.78, 5) is 21.4. The molecule has 1 atom stereocenters. The van der Waals surface area contributed by atoms with E-state index in [1.54, 1.807) is 6.08 Å². The SMILES string of the molecule is CC[C@@]1(/C=C/S(=O)(=O)NC(=O)Nc2c3c(cc4c2CCC4)CCC3)CCCN1.O=C(O)C(F)(F)F. The average molecular weight is 518 g/mol. The van der Waals surface area contributed by atoms with Gasteiger partial charge in [0.05, 0.1) is 0 Å². The maximum Gasteiger partial charge on any atom is 0.490 e. The molecule has 0 saturated carbocycles. The molecule has 35 heavy (non-hydrogen) atoms. The van der Waals surface area contributed by atoms with Gasteiger partial charge in [0.1, 0.15) is 0 Å². The van der Waals surface area contributed by atoms with E-state index in [1.807, 2.05) is 6.92 Å². The van der Waals surface area contributed by atoms with Gasteiger partial charge in [-0.05, 0) is 86.6 Å². The Bertz CT molecular complexity index is 1080. The van der Waals surface area contributed by atoms with E-state index < -0.39 is 28.2 Å². The van der Waals surface area contributed by atoms with Crippen LogP contribution in [0.25, 0.3) is 0 Å². The number of rotatable bonds is 5. The molecule has 1 heterocycles. The number of anilines is 1. The van der Waals surface area contributed by atoms with Crippen LogP contribution in [-0.2, 0) is 40.5 Å². The van der Waals surface area contributed by atoms with Crippen molar-refractivity contribution in [1.29, 1.82) is 0 Å². The highest BCUT2D eigenvalue weighted by Gasteiger charge is 2.38. The standard InChI is InChI=1S/C21H29N3O3S.C2HF3O2/c1-2-21(10-5-12-22-21)11-13-28(26,27)24-20(25)23-19-17-8-3-6-15(17)14-16-7-4-9-18(16)19;3-2(4,5)1(6)7/h11,13-14,22H,2-10,12H2,1H3,(H2,23,24,25);(H,6,7)/b13-11+;/t21-;/m0./s1. The highest BCUT2D eigenvalue weighted by molar-refractivity contribution is 7.92. The predicted molar refractivity (Wildman–Crippen MR) is 125 cm³/mol. The number of carboxylic acid groups (broad SMARTS) is 1. The molecule has 3 aliphatic rings. The van der Waals surface area contributed by atoms with Crippen LogP contribution >= 0.6 is 0 Å². The monoisotopic (exact) mass is 517 g/mol. The van der Waals surface area contributed by atoms with Crippen LogP contribution in [0.2, 0.25) is 0 Å². The fraction of sp³-hybridized carbons (Fsp3) is 0.565. The number of carboxylic acids is 1. The molecule has 0 radical (unpaired) electrons. The van der Waals surface area contributed by atoms with Crippen LogP contribution in [0.5, 0.6) is 0 Å². The topological polar surface area (TPSA) is 125 Å². The molecular formula is C23H30F3N3O5S. The lowest BCUT2D eigenvalue weighted by Crippen LogP contribution is -2.38. The third-order valence-electron chi connectivity index (χ3n) is 6.66. The summed E-state index contributed by atoms with van der Waals surface area (Å²) in [6, 6.07) is 1.61. The maximum absolute atomic E-state index is 12.5. The van der Waals surface area contributed by atoms with Crippen LogP contribution in [0.3, 0.4) is 0 Å². The number of nitrogens with one attached hydrogen (secondary N) is 3. The van der Waals surface area contributed by atoms with Gasteiger partial charge in [-0.2, -0.15) is 13.2 Å². The number of hydrogen-bond donors (Lipinski definition) is 4. The van der Waals surface area contributed by atoms with Crippen LogP contribution in [-0.4, -0.2) is 43.8 Å². The van der Waals surface area contributed by atoms with Crippen molar-refractivity contribution >= 4 is 27.7 Å². The fourth-order valence-corrected chi connectivity index (χ4v) is 5.70. The van der Waals surface area contributed by atoms with Crippen molar-refractivity contribution in [3.63, 3.8) is 0 Å². The second-order valence-electron chi connectivity index (χ2n) is 8.98. The Morgan fingerprint density at radius 3 is 2.14 bits per heavy atom. The molecule has 12 heteroatoms. The summed E-state index contributed by atoms with van der Waals surface area (Å²) in [5, 5.41) is 14.5. The zero-order chi connectivity index (χ0) is 25.9. The Balaban J connectivity index is 0.000000429. The first-order valence-electron chi connectivity index (χ1n) is 11.6. The summed E-state index contributed by atoms with van der Waals surface area (Å²) >= 11 is 0. The average Bonchev–Trinajstić information content (AvgIpc) is 3.52. The molecule has 4 rings (SSSR count). The molecule has 1 saturated heterocycles. The van der Waals surface area contributed by atoms with E-state index in [1.165, 1.54) is 22.3 Å². The van der Waals surface area contributed by atoms with Gasteiger partial charge in [-0.25, -0.2) is 22.7 Å². The van der Waals surface area contributed by atoms with Crippen LogP contribution in [0.15, 0.2) is 17.6 Å². The van der Waals surface area contributed by atoms with Crippen LogP contribution in [0, 0.1) is 0 Å². The number of sulfonamides is 1.